The van der Waals surface area contributed by atoms with Crippen molar-refractivity contribution in [1.29, 1.82) is 5.26 Å². The van der Waals surface area contributed by atoms with Crippen molar-refractivity contribution in [2.75, 3.05) is 0 Å². The van der Waals surface area contributed by atoms with E-state index in [0.717, 1.165) is 0 Å². The SMILES string of the molecule is N#Cc1cc(Cl)cc(Oc2c(Br)ccc(CNC(=O)c3nc(S(N)(=O)=O)[nH]c3Cl)c2F)c1. The Labute approximate surface area is 199 Å². The van der Waals surface area contributed by atoms with Crippen LogP contribution in [0.5, 0.6) is 11.5 Å². The highest BCUT2D eigenvalue weighted by Gasteiger charge is 2.22. The van der Waals surface area contributed by atoms with Gasteiger partial charge in [0.15, 0.2) is 17.3 Å². The number of nitriles is 1. The number of benzene rings is 2. The largest absolute Gasteiger partial charge is 0.453 e. The molecule has 0 unspecified atom stereocenters. The Balaban J connectivity index is 1.82. The minimum Gasteiger partial charge on any atom is -0.453 e. The van der Waals surface area contributed by atoms with Gasteiger partial charge in [-0.05, 0) is 40.2 Å². The van der Waals surface area contributed by atoms with Gasteiger partial charge in [-0.25, -0.2) is 22.9 Å². The molecule has 0 radical (unpaired) electrons. The van der Waals surface area contributed by atoms with Gasteiger partial charge in [-0.3, -0.25) is 4.79 Å². The van der Waals surface area contributed by atoms with Gasteiger partial charge in [0.05, 0.1) is 16.1 Å². The number of ether oxygens (including phenoxy) is 1. The number of hydrogen-bond acceptors (Lipinski definition) is 6. The average Bonchev–Trinajstić information content (AvgIpc) is 3.12. The Morgan fingerprint density at radius 1 is 1.34 bits per heavy atom. The monoisotopic (exact) mass is 561 g/mol. The number of imidazole rings is 1. The minimum atomic E-state index is -4.20. The Morgan fingerprint density at radius 2 is 2.06 bits per heavy atom. The van der Waals surface area contributed by atoms with E-state index in [-0.39, 0.29) is 43.8 Å². The van der Waals surface area contributed by atoms with Gasteiger partial charge in [0.2, 0.25) is 5.16 Å². The van der Waals surface area contributed by atoms with Crippen LogP contribution in [0.1, 0.15) is 21.6 Å². The first-order valence-electron chi connectivity index (χ1n) is 8.41. The molecule has 14 heteroatoms. The van der Waals surface area contributed by atoms with Gasteiger partial charge in [-0.2, -0.15) is 5.26 Å². The number of rotatable bonds is 6. The summed E-state index contributed by atoms with van der Waals surface area (Å²) in [6.45, 7) is -0.304. The van der Waals surface area contributed by atoms with Crippen molar-refractivity contribution >= 4 is 55.1 Å². The van der Waals surface area contributed by atoms with Crippen LogP contribution in [0, 0.1) is 17.1 Å². The molecule has 166 valence electrons. The number of aromatic amines is 1. The summed E-state index contributed by atoms with van der Waals surface area (Å²) in [5, 5.41) is 15.6. The van der Waals surface area contributed by atoms with Crippen molar-refractivity contribution in [3.05, 3.63) is 67.6 Å². The molecule has 0 spiro atoms. The number of carbonyl (C=O) groups is 1. The van der Waals surface area contributed by atoms with Crippen LogP contribution in [-0.4, -0.2) is 24.3 Å². The molecule has 1 heterocycles. The van der Waals surface area contributed by atoms with Gasteiger partial charge >= 0.3 is 0 Å². The highest BCUT2D eigenvalue weighted by molar-refractivity contribution is 9.10. The standard InChI is InChI=1S/C18H11BrCl2FN5O4S/c19-12-2-1-9(7-25-17(28)14-16(21)27-18(26-14)32(24,29)30)13(22)15(12)31-11-4-8(6-23)3-10(20)5-11/h1-5H,7H2,(H,25,28)(H,26,27)(H2,24,29,30). The molecule has 1 amide bonds. The number of amides is 1. The fraction of sp³-hybridized carbons (Fsp3) is 0.0556. The number of nitrogens with zero attached hydrogens (tertiary/aromatic N) is 2. The Hall–Kier alpha value is -2.69. The quantitative estimate of drug-likeness (QED) is 0.415. The van der Waals surface area contributed by atoms with Crippen LogP contribution in [0.3, 0.4) is 0 Å². The maximum absolute atomic E-state index is 15.0. The lowest BCUT2D eigenvalue weighted by Gasteiger charge is -2.13. The highest BCUT2D eigenvalue weighted by Crippen LogP contribution is 2.35. The maximum atomic E-state index is 15.0. The van der Waals surface area contributed by atoms with E-state index in [0.29, 0.717) is 0 Å². The molecular formula is C18H11BrCl2FN5O4S. The number of nitrogens with two attached hydrogens (primary N) is 1. The summed E-state index contributed by atoms with van der Waals surface area (Å²) in [5.41, 5.74) is -0.160. The van der Waals surface area contributed by atoms with E-state index in [1.807, 2.05) is 6.07 Å². The summed E-state index contributed by atoms with van der Waals surface area (Å²) in [4.78, 5) is 18.0. The predicted octanol–water partition coefficient (Wildman–Crippen LogP) is 3.86. The van der Waals surface area contributed by atoms with Crippen LogP contribution in [0.25, 0.3) is 0 Å². The summed E-state index contributed by atoms with van der Waals surface area (Å²) in [5.74, 6) is -1.72. The fourth-order valence-electron chi connectivity index (χ4n) is 2.48. The molecular weight excluding hydrogens is 552 g/mol. The van der Waals surface area contributed by atoms with Crippen molar-refractivity contribution in [2.45, 2.75) is 11.7 Å². The molecule has 3 aromatic rings. The van der Waals surface area contributed by atoms with Gasteiger partial charge in [0.25, 0.3) is 15.9 Å². The lowest BCUT2D eigenvalue weighted by Crippen LogP contribution is -2.24. The van der Waals surface area contributed by atoms with E-state index in [2.05, 4.69) is 31.2 Å². The van der Waals surface area contributed by atoms with Crippen LogP contribution >= 0.6 is 39.1 Å². The first-order chi connectivity index (χ1) is 15.0. The van der Waals surface area contributed by atoms with Crippen molar-refractivity contribution in [1.82, 2.24) is 15.3 Å². The molecule has 2 aromatic carbocycles. The number of nitrogens with one attached hydrogen (secondary N) is 2. The van der Waals surface area contributed by atoms with Crippen molar-refractivity contribution < 1.29 is 22.3 Å². The Bertz CT molecular complexity index is 1370. The van der Waals surface area contributed by atoms with Crippen LogP contribution in [-0.2, 0) is 16.6 Å². The lowest BCUT2D eigenvalue weighted by molar-refractivity contribution is 0.0946. The van der Waals surface area contributed by atoms with E-state index in [1.54, 1.807) is 0 Å². The van der Waals surface area contributed by atoms with Crippen molar-refractivity contribution in [3.8, 4) is 17.6 Å². The van der Waals surface area contributed by atoms with Crippen molar-refractivity contribution in [2.24, 2.45) is 5.14 Å². The zero-order valence-electron chi connectivity index (χ0n) is 15.6. The van der Waals surface area contributed by atoms with Crippen LogP contribution < -0.4 is 15.2 Å². The molecule has 4 N–H and O–H groups in total. The normalized spacial score (nSPS) is 11.1. The van der Waals surface area contributed by atoms with Crippen LogP contribution in [0.2, 0.25) is 10.2 Å². The average molecular weight is 563 g/mol. The second-order valence-electron chi connectivity index (χ2n) is 6.17. The van der Waals surface area contributed by atoms with E-state index in [4.69, 9.17) is 38.3 Å². The third-order valence-corrected chi connectivity index (χ3v) is 5.76. The van der Waals surface area contributed by atoms with Crippen molar-refractivity contribution in [3.63, 3.8) is 0 Å². The smallest absolute Gasteiger partial charge is 0.273 e. The summed E-state index contributed by atoms with van der Waals surface area (Å²) in [7, 11) is -4.20. The summed E-state index contributed by atoms with van der Waals surface area (Å²) >= 11 is 14.9. The molecule has 0 aliphatic carbocycles. The maximum Gasteiger partial charge on any atom is 0.273 e. The Morgan fingerprint density at radius 3 is 2.69 bits per heavy atom. The number of sulfonamides is 1. The topological polar surface area (TPSA) is 151 Å². The minimum absolute atomic E-state index is 0.0393. The number of H-pyrrole nitrogens is 1. The van der Waals surface area contributed by atoms with Crippen LogP contribution in [0.4, 0.5) is 4.39 Å². The molecule has 1 aromatic heterocycles. The molecule has 0 aliphatic heterocycles. The third-order valence-electron chi connectivity index (χ3n) is 3.91. The first-order valence-corrected chi connectivity index (χ1v) is 11.5. The van der Waals surface area contributed by atoms with E-state index >= 15 is 4.39 Å². The molecule has 0 bridgehead atoms. The van der Waals surface area contributed by atoms with Crippen LogP contribution in [0.15, 0.2) is 40.0 Å². The molecule has 32 heavy (non-hydrogen) atoms. The number of hydrogen-bond donors (Lipinski definition) is 3. The number of primary sulfonamides is 1. The Kier molecular flexibility index (Phi) is 7.06. The molecule has 0 aliphatic rings. The fourth-order valence-corrected chi connectivity index (χ4v) is 3.83. The molecule has 0 saturated heterocycles. The predicted molar refractivity (Wildman–Crippen MR) is 116 cm³/mol. The zero-order chi connectivity index (χ0) is 23.6. The summed E-state index contributed by atoms with van der Waals surface area (Å²) < 4.78 is 43.5. The second kappa shape index (κ2) is 9.43. The second-order valence-corrected chi connectivity index (χ2v) is 9.32. The van der Waals surface area contributed by atoms with Gasteiger partial charge in [0, 0.05) is 17.1 Å². The molecule has 3 rings (SSSR count). The lowest BCUT2D eigenvalue weighted by atomic mass is 10.2. The number of aromatic nitrogens is 2. The number of halogens is 4. The van der Waals surface area contributed by atoms with Gasteiger partial charge in [0.1, 0.15) is 10.9 Å². The number of carbonyl (C=O) groups excluding carboxylic acids is 1. The van der Waals surface area contributed by atoms with Gasteiger partial charge in [-0.15, -0.1) is 0 Å². The third kappa shape index (κ3) is 5.37. The summed E-state index contributed by atoms with van der Waals surface area (Å²) in [6, 6.07) is 9.02. The molecule has 9 nitrogen and oxygen atoms in total. The van der Waals surface area contributed by atoms with Gasteiger partial charge < -0.3 is 15.0 Å². The van der Waals surface area contributed by atoms with E-state index in [9.17, 15) is 13.2 Å². The first kappa shape index (κ1) is 24.0. The molecule has 0 atom stereocenters. The highest BCUT2D eigenvalue weighted by atomic mass is 79.9. The van der Waals surface area contributed by atoms with E-state index < -0.39 is 32.6 Å². The zero-order valence-corrected chi connectivity index (χ0v) is 19.5. The van der Waals surface area contributed by atoms with Gasteiger partial charge in [-0.1, -0.05) is 29.3 Å². The molecule has 0 saturated carbocycles. The van der Waals surface area contributed by atoms with E-state index in [1.165, 1.54) is 30.3 Å². The molecule has 0 fully saturated rings. The summed E-state index contributed by atoms with van der Waals surface area (Å²) in [6.07, 6.45) is 0.